The van der Waals surface area contributed by atoms with Crippen LogP contribution in [0.15, 0.2) is 0 Å². The normalized spacial score (nSPS) is 29.5. The molecule has 3 aliphatic carbocycles. The topological polar surface area (TPSA) is 168 Å². The summed E-state index contributed by atoms with van der Waals surface area (Å²) in [7, 11) is -4.31. The van der Waals surface area contributed by atoms with E-state index in [1.165, 1.54) is 0 Å². The van der Waals surface area contributed by atoms with Crippen molar-refractivity contribution in [3.05, 3.63) is 0 Å². The third-order valence-electron chi connectivity index (χ3n) is 9.53. The van der Waals surface area contributed by atoms with Crippen molar-refractivity contribution < 1.29 is 27.9 Å². The zero-order chi connectivity index (χ0) is 26.7. The highest BCUT2D eigenvalue weighted by molar-refractivity contribution is 7.87. The van der Waals surface area contributed by atoms with Crippen LogP contribution in [0, 0.1) is 22.7 Å². The van der Waals surface area contributed by atoms with E-state index in [4.69, 9.17) is 5.73 Å². The second-order valence-electron chi connectivity index (χ2n) is 12.0. The summed E-state index contributed by atoms with van der Waals surface area (Å²) in [5, 5.41) is 12.7. The summed E-state index contributed by atoms with van der Waals surface area (Å²) in [5.74, 6) is -1.52. The molecule has 3 fully saturated rings. The summed E-state index contributed by atoms with van der Waals surface area (Å²) in [6, 6.07) is -2.44. The fourth-order valence-electron chi connectivity index (χ4n) is 6.78. The van der Waals surface area contributed by atoms with E-state index < -0.39 is 34.2 Å². The zero-order valence-corrected chi connectivity index (χ0v) is 22.7. The number of carboxylic acid groups (broad SMARTS) is 1. The Balaban J connectivity index is 1.71. The molecule has 5 atom stereocenters. The number of nitrogens with one attached hydrogen (secondary N) is 3. The molecule has 0 aromatic carbocycles. The first-order valence-electron chi connectivity index (χ1n) is 13.4. The Morgan fingerprint density at radius 2 is 1.67 bits per heavy atom. The van der Waals surface area contributed by atoms with Crippen molar-refractivity contribution >= 4 is 28.0 Å². The Labute approximate surface area is 215 Å². The van der Waals surface area contributed by atoms with Crippen LogP contribution in [0.5, 0.6) is 0 Å². The van der Waals surface area contributed by atoms with Crippen LogP contribution in [0.2, 0.25) is 0 Å². The molecule has 0 spiro atoms. The molecule has 0 heterocycles. The molecule has 3 saturated carbocycles. The van der Waals surface area contributed by atoms with Crippen molar-refractivity contribution in [3.8, 4) is 0 Å². The minimum absolute atomic E-state index is 0.0226. The van der Waals surface area contributed by atoms with E-state index in [1.807, 2.05) is 0 Å². The molecule has 3 rings (SSSR count). The maximum atomic E-state index is 13.5. The first-order chi connectivity index (χ1) is 16.7. The monoisotopic (exact) mass is 528 g/mol. The van der Waals surface area contributed by atoms with Gasteiger partial charge in [-0.15, -0.1) is 0 Å². The van der Waals surface area contributed by atoms with Crippen molar-refractivity contribution in [1.82, 2.24) is 14.8 Å². The first-order valence-corrected chi connectivity index (χ1v) is 14.8. The summed E-state index contributed by atoms with van der Waals surface area (Å²) in [6.07, 6.45) is 8.59. The third kappa shape index (κ3) is 6.58. The highest BCUT2D eigenvalue weighted by atomic mass is 32.2. The summed E-state index contributed by atoms with van der Waals surface area (Å²) in [6.45, 7) is 6.73. The third-order valence-corrected chi connectivity index (χ3v) is 10.7. The van der Waals surface area contributed by atoms with Gasteiger partial charge in [-0.2, -0.15) is 17.9 Å². The van der Waals surface area contributed by atoms with Gasteiger partial charge in [0, 0.05) is 12.5 Å². The molecular weight excluding hydrogens is 484 g/mol. The molecule has 2 bridgehead atoms. The number of carbonyl (C=O) groups excluding carboxylic acids is 2. The van der Waals surface area contributed by atoms with Crippen LogP contribution in [0.4, 0.5) is 0 Å². The molecule has 6 N–H and O–H groups in total. The standard InChI is InChI=1S/C25H44N4O6S/c1-24(2)17-12-13-25(24,3)20(15-17)27-22(31)19(14-16-8-5-4-6-9-16)29-36(34,35)28-18(23(32)33)10-7-11-21(26)30/h16-20,28-29H,4-15H2,1-3H3,(H2,26,30)(H,27,31)(H,32,33)/t17-,18+,19+,20+,25+/m1/s1. The van der Waals surface area contributed by atoms with Gasteiger partial charge in [-0.1, -0.05) is 52.9 Å². The first kappa shape index (κ1) is 28.8. The number of nitrogens with two attached hydrogens (primary N) is 1. The number of carbonyl (C=O) groups is 3. The molecule has 0 aromatic rings. The van der Waals surface area contributed by atoms with Crippen LogP contribution in [-0.2, 0) is 24.6 Å². The van der Waals surface area contributed by atoms with E-state index in [0.717, 1.165) is 51.4 Å². The van der Waals surface area contributed by atoms with Crippen LogP contribution in [0.1, 0.15) is 97.8 Å². The smallest absolute Gasteiger partial charge is 0.321 e. The molecular formula is C25H44N4O6S. The SMILES string of the molecule is CC1(C)[C@@H]2CC[C@@]1(C)[C@@H](NC(=O)[C@H](CC1CCCCC1)NS(=O)(=O)N[C@@H](CCCC(N)=O)C(=O)O)C2. The molecule has 0 unspecified atom stereocenters. The van der Waals surface area contributed by atoms with E-state index >= 15 is 0 Å². The van der Waals surface area contributed by atoms with Crippen LogP contribution in [0.25, 0.3) is 0 Å². The van der Waals surface area contributed by atoms with E-state index in [0.29, 0.717) is 12.3 Å². The zero-order valence-electron chi connectivity index (χ0n) is 21.8. The lowest BCUT2D eigenvalue weighted by molar-refractivity contribution is -0.139. The van der Waals surface area contributed by atoms with Crippen LogP contribution in [-0.4, -0.2) is 49.4 Å². The van der Waals surface area contributed by atoms with Crippen molar-refractivity contribution in [1.29, 1.82) is 0 Å². The number of hydrogen-bond donors (Lipinski definition) is 5. The van der Waals surface area contributed by atoms with Crippen molar-refractivity contribution in [2.24, 2.45) is 28.4 Å². The molecule has 0 aliphatic heterocycles. The van der Waals surface area contributed by atoms with Gasteiger partial charge in [-0.25, -0.2) is 0 Å². The molecule has 0 saturated heterocycles. The molecule has 0 radical (unpaired) electrons. The average molecular weight is 529 g/mol. The lowest BCUT2D eigenvalue weighted by Crippen LogP contribution is -2.57. The van der Waals surface area contributed by atoms with Gasteiger partial charge in [0.15, 0.2) is 0 Å². The molecule has 206 valence electrons. The number of primary amides is 1. The van der Waals surface area contributed by atoms with Gasteiger partial charge >= 0.3 is 5.97 Å². The second kappa shape index (κ2) is 11.3. The Bertz CT molecular complexity index is 933. The van der Waals surface area contributed by atoms with E-state index in [2.05, 4.69) is 35.5 Å². The molecule has 2 amide bonds. The lowest BCUT2D eigenvalue weighted by atomic mass is 9.69. The number of fused-ring (bicyclic) bond motifs is 2. The Morgan fingerprint density at radius 1 is 1.03 bits per heavy atom. The Morgan fingerprint density at radius 3 is 2.19 bits per heavy atom. The maximum Gasteiger partial charge on any atom is 0.321 e. The van der Waals surface area contributed by atoms with Gasteiger partial charge in [-0.05, 0) is 61.2 Å². The predicted molar refractivity (Wildman–Crippen MR) is 136 cm³/mol. The summed E-state index contributed by atoms with van der Waals surface area (Å²) in [5.41, 5.74) is 5.16. The lowest BCUT2D eigenvalue weighted by Gasteiger charge is -2.40. The average Bonchev–Trinajstić information content (AvgIpc) is 3.11. The number of aliphatic carboxylic acids is 1. The van der Waals surface area contributed by atoms with Gasteiger partial charge in [0.1, 0.15) is 12.1 Å². The summed E-state index contributed by atoms with van der Waals surface area (Å²) in [4.78, 5) is 36.1. The largest absolute Gasteiger partial charge is 0.480 e. The number of amides is 2. The molecule has 0 aromatic heterocycles. The van der Waals surface area contributed by atoms with Gasteiger partial charge in [0.05, 0.1) is 0 Å². The van der Waals surface area contributed by atoms with Crippen LogP contribution < -0.4 is 20.5 Å². The number of rotatable bonds is 13. The van der Waals surface area contributed by atoms with Crippen molar-refractivity contribution in [2.45, 2.75) is 116 Å². The maximum absolute atomic E-state index is 13.5. The van der Waals surface area contributed by atoms with Gasteiger partial charge in [0.2, 0.25) is 11.8 Å². The Kier molecular flexibility index (Phi) is 9.09. The van der Waals surface area contributed by atoms with Crippen molar-refractivity contribution in [2.75, 3.05) is 0 Å². The Hall–Kier alpha value is -1.72. The van der Waals surface area contributed by atoms with Gasteiger partial charge in [-0.3, -0.25) is 14.4 Å². The van der Waals surface area contributed by atoms with E-state index in [9.17, 15) is 27.9 Å². The molecule has 11 heteroatoms. The minimum atomic E-state index is -4.31. The van der Waals surface area contributed by atoms with E-state index in [1.54, 1.807) is 0 Å². The quantitative estimate of drug-likeness (QED) is 0.245. The van der Waals surface area contributed by atoms with Crippen molar-refractivity contribution in [3.63, 3.8) is 0 Å². The highest BCUT2D eigenvalue weighted by Crippen LogP contribution is 2.65. The number of carboxylic acids is 1. The highest BCUT2D eigenvalue weighted by Gasteiger charge is 2.61. The summed E-state index contributed by atoms with van der Waals surface area (Å²) >= 11 is 0. The molecule has 10 nitrogen and oxygen atoms in total. The molecule has 36 heavy (non-hydrogen) atoms. The van der Waals surface area contributed by atoms with Gasteiger partial charge < -0.3 is 16.2 Å². The fraction of sp³-hybridized carbons (Fsp3) is 0.880. The van der Waals surface area contributed by atoms with E-state index in [-0.39, 0.29) is 48.0 Å². The predicted octanol–water partition coefficient (Wildman–Crippen LogP) is 2.19. The van der Waals surface area contributed by atoms with Crippen LogP contribution >= 0.6 is 0 Å². The fourth-order valence-corrected chi connectivity index (χ4v) is 8.02. The summed E-state index contributed by atoms with van der Waals surface area (Å²) < 4.78 is 30.6. The number of hydrogen-bond acceptors (Lipinski definition) is 5. The van der Waals surface area contributed by atoms with Gasteiger partial charge in [0.25, 0.3) is 10.2 Å². The van der Waals surface area contributed by atoms with Crippen LogP contribution in [0.3, 0.4) is 0 Å². The second-order valence-corrected chi connectivity index (χ2v) is 13.4. The minimum Gasteiger partial charge on any atom is -0.480 e. The molecule has 3 aliphatic rings.